The van der Waals surface area contributed by atoms with Crippen molar-refractivity contribution in [3.63, 3.8) is 0 Å². The fourth-order valence-corrected chi connectivity index (χ4v) is 9.07. The molecule has 2 saturated carbocycles. The second-order valence-corrected chi connectivity index (χ2v) is 14.3. The number of aliphatic hydroxyl groups is 1. The van der Waals surface area contributed by atoms with E-state index in [4.69, 9.17) is 26.3 Å². The van der Waals surface area contributed by atoms with Crippen LogP contribution in [0.2, 0.25) is 5.02 Å². The van der Waals surface area contributed by atoms with E-state index in [9.17, 15) is 9.90 Å². The average molecular weight is 604 g/mol. The third-order valence-electron chi connectivity index (χ3n) is 11.4. The van der Waals surface area contributed by atoms with E-state index in [1.165, 1.54) is 25.7 Å². The molecule has 2 aliphatic carbocycles. The zero-order chi connectivity index (χ0) is 28.9. The molecule has 2 unspecified atom stereocenters. The number of rotatable bonds is 6. The van der Waals surface area contributed by atoms with Gasteiger partial charge in [0.25, 0.3) is 5.91 Å². The van der Waals surface area contributed by atoms with Gasteiger partial charge in [-0.25, -0.2) is 0 Å². The lowest BCUT2D eigenvalue weighted by Gasteiger charge is -2.31. The number of halogens is 1. The summed E-state index contributed by atoms with van der Waals surface area (Å²) in [5.41, 5.74) is 4.43. The lowest BCUT2D eigenvalue weighted by atomic mass is 9.95. The Morgan fingerprint density at radius 3 is 2.70 bits per heavy atom. The number of aromatic amines is 1. The molecule has 1 spiro atoms. The van der Waals surface area contributed by atoms with Crippen LogP contribution in [0.5, 0.6) is 6.01 Å². The van der Waals surface area contributed by atoms with E-state index in [0.29, 0.717) is 65.6 Å². The Balaban J connectivity index is 1.12. The minimum Gasteiger partial charge on any atom is -0.461 e. The second-order valence-electron chi connectivity index (χ2n) is 13.9. The van der Waals surface area contributed by atoms with E-state index in [-0.39, 0.29) is 17.6 Å². The SMILES string of the molecule is O=C1c2c(nc(OCC34CCCN3CCC4)nc2N2CCCC(O)CC2)CN1c1c(C2CC23CC3)c(Cl)cc2[nH]ncc12. The summed E-state index contributed by atoms with van der Waals surface area (Å²) in [6.45, 7) is 4.52. The van der Waals surface area contributed by atoms with Crippen molar-refractivity contribution >= 4 is 39.9 Å². The Bertz CT molecular complexity index is 1630. The van der Waals surface area contributed by atoms with Crippen LogP contribution in [0.15, 0.2) is 12.3 Å². The van der Waals surface area contributed by atoms with Gasteiger partial charge in [0.1, 0.15) is 18.0 Å². The molecule has 0 bridgehead atoms. The number of benzene rings is 1. The summed E-state index contributed by atoms with van der Waals surface area (Å²) in [4.78, 5) is 31.0. The van der Waals surface area contributed by atoms with Crippen LogP contribution in [0.1, 0.15) is 91.7 Å². The number of fused-ring (bicyclic) bond motifs is 3. The van der Waals surface area contributed by atoms with Crippen molar-refractivity contribution in [1.29, 1.82) is 0 Å². The number of nitrogens with zero attached hydrogens (tertiary/aromatic N) is 6. The molecule has 226 valence electrons. The highest BCUT2D eigenvalue weighted by Gasteiger charge is 2.64. The maximum Gasteiger partial charge on any atom is 0.318 e. The molecule has 4 aliphatic heterocycles. The van der Waals surface area contributed by atoms with Crippen LogP contribution in [0, 0.1) is 5.41 Å². The number of hydrogen-bond donors (Lipinski definition) is 2. The second kappa shape index (κ2) is 9.52. The Labute approximate surface area is 255 Å². The van der Waals surface area contributed by atoms with Gasteiger partial charge in [0.2, 0.25) is 0 Å². The predicted molar refractivity (Wildman–Crippen MR) is 163 cm³/mol. The number of H-pyrrole nitrogens is 1. The van der Waals surface area contributed by atoms with Crippen LogP contribution in [-0.2, 0) is 6.54 Å². The maximum atomic E-state index is 14.5. The third kappa shape index (κ3) is 4.12. The molecule has 3 saturated heterocycles. The number of hydrogen-bond acceptors (Lipinski definition) is 8. The van der Waals surface area contributed by atoms with Crippen LogP contribution in [0.4, 0.5) is 11.5 Å². The van der Waals surface area contributed by atoms with Crippen LogP contribution in [-0.4, -0.2) is 80.5 Å². The Kier molecular flexibility index (Phi) is 5.86. The number of anilines is 2. The van der Waals surface area contributed by atoms with Crippen molar-refractivity contribution in [1.82, 2.24) is 25.1 Å². The molecule has 6 heterocycles. The zero-order valence-electron chi connectivity index (χ0n) is 24.4. The molecular formula is C32H38ClN7O3. The fraction of sp³-hybridized carbons (Fsp3) is 0.625. The first-order valence-corrected chi connectivity index (χ1v) is 16.5. The summed E-state index contributed by atoms with van der Waals surface area (Å²) in [6.07, 6.45) is 12.0. The quantitative estimate of drug-likeness (QED) is 0.414. The molecule has 6 aliphatic rings. The Hall–Kier alpha value is -2.95. The fourth-order valence-electron chi connectivity index (χ4n) is 8.74. The summed E-state index contributed by atoms with van der Waals surface area (Å²) < 4.78 is 6.46. The standard InChI is InChI=1S/C32H38ClN7O3/c33-22-14-23-20(16-34-37-23)27(25(22)21-15-31(21)8-9-31)40-17-24-26(29(40)42)28(38-10-1-4-19(41)5-13-38)36-30(35-24)43-18-32-6-2-11-39(32)12-3-7-32/h14,16,19,21,41H,1-13,15,17-18H2,(H,34,37). The molecule has 0 radical (unpaired) electrons. The van der Waals surface area contributed by atoms with Gasteiger partial charge in [-0.2, -0.15) is 15.1 Å². The molecule has 1 aromatic carbocycles. The number of nitrogens with one attached hydrogen (secondary N) is 1. The molecule has 9 rings (SSSR count). The van der Waals surface area contributed by atoms with E-state index in [0.717, 1.165) is 73.9 Å². The molecule has 3 aromatic rings. The van der Waals surface area contributed by atoms with Crippen LogP contribution in [0.3, 0.4) is 0 Å². The highest BCUT2D eigenvalue weighted by molar-refractivity contribution is 6.33. The molecule has 43 heavy (non-hydrogen) atoms. The smallest absolute Gasteiger partial charge is 0.318 e. The van der Waals surface area contributed by atoms with E-state index >= 15 is 0 Å². The number of amides is 1. The van der Waals surface area contributed by atoms with Gasteiger partial charge in [0.15, 0.2) is 0 Å². The van der Waals surface area contributed by atoms with Gasteiger partial charge in [-0.1, -0.05) is 11.6 Å². The summed E-state index contributed by atoms with van der Waals surface area (Å²) in [7, 11) is 0. The summed E-state index contributed by atoms with van der Waals surface area (Å²) >= 11 is 6.98. The van der Waals surface area contributed by atoms with Crippen molar-refractivity contribution in [2.24, 2.45) is 5.41 Å². The normalized spacial score (nSPS) is 27.2. The van der Waals surface area contributed by atoms with Gasteiger partial charge >= 0.3 is 6.01 Å². The molecule has 10 nitrogen and oxygen atoms in total. The lowest BCUT2D eigenvalue weighted by Crippen LogP contribution is -2.43. The van der Waals surface area contributed by atoms with Crippen LogP contribution < -0.4 is 14.5 Å². The van der Waals surface area contributed by atoms with Gasteiger partial charge in [0, 0.05) is 23.5 Å². The van der Waals surface area contributed by atoms with E-state index in [1.54, 1.807) is 0 Å². The van der Waals surface area contributed by atoms with Gasteiger partial charge in [0.05, 0.1) is 41.3 Å². The zero-order valence-corrected chi connectivity index (χ0v) is 25.2. The van der Waals surface area contributed by atoms with Crippen LogP contribution in [0.25, 0.3) is 10.9 Å². The summed E-state index contributed by atoms with van der Waals surface area (Å²) in [6, 6.07) is 2.31. The summed E-state index contributed by atoms with van der Waals surface area (Å²) in [5.74, 6) is 0.891. The number of ether oxygens (including phenoxy) is 1. The predicted octanol–water partition coefficient (Wildman–Crippen LogP) is 4.79. The topological polar surface area (TPSA) is 111 Å². The molecule has 5 fully saturated rings. The molecule has 2 N–H and O–H groups in total. The van der Waals surface area contributed by atoms with Gasteiger partial charge in [-0.05, 0) is 100 Å². The monoisotopic (exact) mass is 603 g/mol. The third-order valence-corrected chi connectivity index (χ3v) is 11.7. The number of carbonyl (C=O) groups excluding carboxylic acids is 1. The number of carbonyl (C=O) groups is 1. The molecule has 1 amide bonds. The van der Waals surface area contributed by atoms with Crippen LogP contribution >= 0.6 is 11.6 Å². The van der Waals surface area contributed by atoms with Crippen molar-refractivity contribution in [3.05, 3.63) is 34.1 Å². The lowest BCUT2D eigenvalue weighted by molar-refractivity contribution is 0.0996. The number of aliphatic hydroxyl groups excluding tert-OH is 1. The minimum absolute atomic E-state index is 0.0721. The minimum atomic E-state index is -0.339. The van der Waals surface area contributed by atoms with Crippen molar-refractivity contribution in [2.75, 3.05) is 42.6 Å². The van der Waals surface area contributed by atoms with Crippen molar-refractivity contribution in [3.8, 4) is 6.01 Å². The Morgan fingerprint density at radius 2 is 1.91 bits per heavy atom. The van der Waals surface area contributed by atoms with Gasteiger partial charge < -0.3 is 19.6 Å². The first-order chi connectivity index (χ1) is 20.9. The molecule has 2 aromatic heterocycles. The largest absolute Gasteiger partial charge is 0.461 e. The van der Waals surface area contributed by atoms with E-state index < -0.39 is 0 Å². The van der Waals surface area contributed by atoms with E-state index in [2.05, 4.69) is 20.0 Å². The van der Waals surface area contributed by atoms with Gasteiger partial charge in [-0.15, -0.1) is 0 Å². The average Bonchev–Trinajstić information content (AvgIpc) is 3.65. The first-order valence-electron chi connectivity index (χ1n) is 16.1. The van der Waals surface area contributed by atoms with E-state index in [1.807, 2.05) is 17.2 Å². The molecule has 11 heteroatoms. The highest BCUT2D eigenvalue weighted by atomic mass is 35.5. The summed E-state index contributed by atoms with van der Waals surface area (Å²) in [5, 5.41) is 19.4. The molecule has 2 atom stereocenters. The van der Waals surface area contributed by atoms with Crippen molar-refractivity contribution < 1.29 is 14.6 Å². The van der Waals surface area contributed by atoms with Crippen molar-refractivity contribution in [2.45, 2.75) is 88.3 Å². The number of aromatic nitrogens is 4. The highest BCUT2D eigenvalue weighted by Crippen LogP contribution is 2.76. The Morgan fingerprint density at radius 1 is 1.07 bits per heavy atom. The maximum absolute atomic E-state index is 14.5. The molecular weight excluding hydrogens is 566 g/mol. The first kappa shape index (κ1) is 26.5. The van der Waals surface area contributed by atoms with Gasteiger partial charge in [-0.3, -0.25) is 14.8 Å².